The van der Waals surface area contributed by atoms with Crippen molar-refractivity contribution in [2.45, 2.75) is 38.5 Å². The Kier molecular flexibility index (Phi) is 5.14. The minimum Gasteiger partial charge on any atom is -0.382 e. The minimum atomic E-state index is -3.43. The van der Waals surface area contributed by atoms with E-state index in [0.717, 1.165) is 12.8 Å². The number of Topliss-reactive ketones (excluding diaryl/α,β-unsaturated/α-hetero) is 1. The summed E-state index contributed by atoms with van der Waals surface area (Å²) in [5.74, 6) is -1.81. The van der Waals surface area contributed by atoms with Crippen molar-refractivity contribution >= 4 is 18.5 Å². The molecule has 5 heteroatoms. The summed E-state index contributed by atoms with van der Waals surface area (Å²) in [4.78, 5) is 12.0. The fourth-order valence-electron chi connectivity index (χ4n) is 2.69. The van der Waals surface area contributed by atoms with Crippen LogP contribution in [0.4, 0.5) is 0 Å². The highest BCUT2D eigenvalue weighted by Gasteiger charge is 2.43. The summed E-state index contributed by atoms with van der Waals surface area (Å²) in [5.41, 5.74) is 0. The molecule has 0 amide bonds. The Morgan fingerprint density at radius 1 is 1.35 bits per heavy atom. The van der Waals surface area contributed by atoms with E-state index >= 15 is 0 Å². The summed E-state index contributed by atoms with van der Waals surface area (Å²) in [6.07, 6.45) is 2.78. The Hall–Kier alpha value is -0.960. The maximum Gasteiger partial charge on any atom is 0.260 e. The number of carbonyl (C=O) groups is 1. The van der Waals surface area contributed by atoms with Gasteiger partial charge in [-0.2, -0.15) is 0 Å². The normalized spacial score (nSPS) is 24.1. The third-order valence-corrected chi connectivity index (χ3v) is 6.46. The van der Waals surface area contributed by atoms with Gasteiger partial charge in [0, 0.05) is 11.7 Å². The SMILES string of the molecule is CCO[P@@](=O)(c1ccccc1)[C@H](O)[C@H]1CCCCC1=O. The molecule has 2 rings (SSSR count). The number of hydrogen-bond donors (Lipinski definition) is 1. The van der Waals surface area contributed by atoms with Crippen LogP contribution in [0.2, 0.25) is 0 Å². The standard InChI is InChI=1S/C15H21O4P/c1-2-19-20(18,12-8-4-3-5-9-12)15(17)13-10-6-7-11-14(13)16/h3-5,8-9,13,15,17H,2,6-7,10-11H2,1H3/t13-,15-,20-/m0/s1. The van der Waals surface area contributed by atoms with Crippen LogP contribution < -0.4 is 5.30 Å². The predicted octanol–water partition coefficient (Wildman–Crippen LogP) is 2.70. The van der Waals surface area contributed by atoms with Gasteiger partial charge in [0.15, 0.2) is 0 Å². The molecule has 0 aromatic heterocycles. The number of rotatable bonds is 5. The molecule has 0 bridgehead atoms. The molecule has 1 N–H and O–H groups in total. The number of ketones is 1. The zero-order valence-electron chi connectivity index (χ0n) is 11.7. The molecule has 1 aromatic carbocycles. The Balaban J connectivity index is 2.32. The molecule has 4 nitrogen and oxygen atoms in total. The van der Waals surface area contributed by atoms with Gasteiger partial charge in [0.2, 0.25) is 0 Å². The first-order valence-electron chi connectivity index (χ1n) is 7.10. The molecule has 1 aromatic rings. The number of benzene rings is 1. The van der Waals surface area contributed by atoms with Gasteiger partial charge in [0.05, 0.1) is 12.5 Å². The molecular formula is C15H21O4P. The molecule has 1 fully saturated rings. The van der Waals surface area contributed by atoms with Gasteiger partial charge in [0.1, 0.15) is 11.6 Å². The van der Waals surface area contributed by atoms with Crippen molar-refractivity contribution in [3.63, 3.8) is 0 Å². The van der Waals surface area contributed by atoms with Crippen LogP contribution in [-0.2, 0) is 13.9 Å². The Morgan fingerprint density at radius 3 is 2.65 bits per heavy atom. The van der Waals surface area contributed by atoms with Crippen LogP contribution >= 0.6 is 7.37 Å². The first kappa shape index (κ1) is 15.4. The molecule has 1 aliphatic carbocycles. The van der Waals surface area contributed by atoms with E-state index in [1.54, 1.807) is 31.2 Å². The van der Waals surface area contributed by atoms with Gasteiger partial charge in [-0.3, -0.25) is 9.36 Å². The number of hydrogen-bond acceptors (Lipinski definition) is 4. The molecule has 0 unspecified atom stereocenters. The average Bonchev–Trinajstić information content (AvgIpc) is 2.48. The second-order valence-corrected chi connectivity index (χ2v) is 7.58. The van der Waals surface area contributed by atoms with E-state index in [1.165, 1.54) is 0 Å². The third-order valence-electron chi connectivity index (χ3n) is 3.75. The summed E-state index contributed by atoms with van der Waals surface area (Å²) < 4.78 is 18.6. The van der Waals surface area contributed by atoms with Gasteiger partial charge in [-0.1, -0.05) is 24.6 Å². The van der Waals surface area contributed by atoms with Crippen molar-refractivity contribution in [2.75, 3.05) is 6.61 Å². The first-order chi connectivity index (χ1) is 9.59. The second kappa shape index (κ2) is 6.66. The van der Waals surface area contributed by atoms with Crippen LogP contribution in [0.25, 0.3) is 0 Å². The molecular weight excluding hydrogens is 275 g/mol. The first-order valence-corrected chi connectivity index (χ1v) is 8.79. The maximum atomic E-state index is 13.1. The van der Waals surface area contributed by atoms with Crippen molar-refractivity contribution in [1.82, 2.24) is 0 Å². The summed E-state index contributed by atoms with van der Waals surface area (Å²) in [6, 6.07) is 8.71. The Bertz CT molecular complexity index is 500. The molecule has 110 valence electrons. The molecule has 3 atom stereocenters. The molecule has 0 saturated heterocycles. The zero-order valence-corrected chi connectivity index (χ0v) is 12.6. The molecule has 1 aliphatic rings. The molecule has 1 saturated carbocycles. The molecule has 20 heavy (non-hydrogen) atoms. The molecule has 0 aliphatic heterocycles. The van der Waals surface area contributed by atoms with Crippen LogP contribution in [0.5, 0.6) is 0 Å². The van der Waals surface area contributed by atoms with E-state index in [1.807, 2.05) is 6.07 Å². The van der Waals surface area contributed by atoms with E-state index in [9.17, 15) is 14.5 Å². The van der Waals surface area contributed by atoms with Gasteiger partial charge in [0.25, 0.3) is 7.37 Å². The topological polar surface area (TPSA) is 63.6 Å². The van der Waals surface area contributed by atoms with Gasteiger partial charge < -0.3 is 9.63 Å². The number of carbonyl (C=O) groups excluding carboxylic acids is 1. The van der Waals surface area contributed by atoms with Gasteiger partial charge in [-0.05, 0) is 31.9 Å². The van der Waals surface area contributed by atoms with E-state index < -0.39 is 19.1 Å². The van der Waals surface area contributed by atoms with Gasteiger partial charge in [-0.25, -0.2) is 0 Å². The summed E-state index contributed by atoms with van der Waals surface area (Å²) in [5, 5.41) is 11.0. The Morgan fingerprint density at radius 2 is 2.05 bits per heavy atom. The summed E-state index contributed by atoms with van der Waals surface area (Å²) >= 11 is 0. The number of aliphatic hydroxyl groups excluding tert-OH is 1. The van der Waals surface area contributed by atoms with Crippen LogP contribution in [0.15, 0.2) is 30.3 Å². The van der Waals surface area contributed by atoms with Crippen molar-refractivity contribution in [1.29, 1.82) is 0 Å². The van der Waals surface area contributed by atoms with E-state index in [4.69, 9.17) is 4.52 Å². The van der Waals surface area contributed by atoms with Crippen molar-refractivity contribution in [2.24, 2.45) is 5.92 Å². The highest BCUT2D eigenvalue weighted by molar-refractivity contribution is 7.67. The lowest BCUT2D eigenvalue weighted by molar-refractivity contribution is -0.126. The van der Waals surface area contributed by atoms with E-state index in [-0.39, 0.29) is 12.4 Å². The fraction of sp³-hybridized carbons (Fsp3) is 0.533. The highest BCUT2D eigenvalue weighted by Crippen LogP contribution is 2.53. The highest BCUT2D eigenvalue weighted by atomic mass is 31.2. The van der Waals surface area contributed by atoms with Crippen molar-refractivity contribution < 1.29 is 19.0 Å². The Labute approximate surface area is 119 Å². The largest absolute Gasteiger partial charge is 0.382 e. The quantitative estimate of drug-likeness (QED) is 0.849. The molecule has 0 spiro atoms. The molecule has 0 radical (unpaired) electrons. The monoisotopic (exact) mass is 296 g/mol. The number of aliphatic hydroxyl groups is 1. The minimum absolute atomic E-state index is 0.000362. The van der Waals surface area contributed by atoms with E-state index in [2.05, 4.69) is 0 Å². The smallest absolute Gasteiger partial charge is 0.260 e. The van der Waals surface area contributed by atoms with Gasteiger partial charge in [-0.15, -0.1) is 0 Å². The average molecular weight is 296 g/mol. The van der Waals surface area contributed by atoms with Crippen LogP contribution in [0.3, 0.4) is 0 Å². The third kappa shape index (κ3) is 3.03. The lowest BCUT2D eigenvalue weighted by atomic mass is 9.88. The summed E-state index contributed by atoms with van der Waals surface area (Å²) in [7, 11) is -3.43. The van der Waals surface area contributed by atoms with Crippen LogP contribution in [0, 0.1) is 5.92 Å². The molecule has 0 heterocycles. The fourth-order valence-corrected chi connectivity index (χ4v) is 5.06. The van der Waals surface area contributed by atoms with Crippen molar-refractivity contribution in [3.8, 4) is 0 Å². The van der Waals surface area contributed by atoms with Crippen LogP contribution in [-0.4, -0.2) is 23.3 Å². The van der Waals surface area contributed by atoms with E-state index in [0.29, 0.717) is 18.1 Å². The van der Waals surface area contributed by atoms with Crippen molar-refractivity contribution in [3.05, 3.63) is 30.3 Å². The zero-order chi connectivity index (χ0) is 14.6. The predicted molar refractivity (Wildman–Crippen MR) is 78.3 cm³/mol. The van der Waals surface area contributed by atoms with Crippen LogP contribution in [0.1, 0.15) is 32.6 Å². The maximum absolute atomic E-state index is 13.1. The second-order valence-electron chi connectivity index (χ2n) is 5.08. The summed E-state index contributed by atoms with van der Waals surface area (Å²) in [6.45, 7) is 1.98. The lowest BCUT2D eigenvalue weighted by Crippen LogP contribution is -2.34. The van der Waals surface area contributed by atoms with Gasteiger partial charge >= 0.3 is 0 Å². The lowest BCUT2D eigenvalue weighted by Gasteiger charge is -2.31.